The molecule has 0 heterocycles. The van der Waals surface area contributed by atoms with Crippen molar-refractivity contribution in [3.05, 3.63) is 62.1 Å². The van der Waals surface area contributed by atoms with Crippen LogP contribution >= 0.6 is 34.8 Å². The van der Waals surface area contributed by atoms with E-state index in [0.29, 0.717) is 26.4 Å². The first kappa shape index (κ1) is 26.7. The van der Waals surface area contributed by atoms with Crippen molar-refractivity contribution in [3.63, 3.8) is 0 Å². The minimum Gasteiger partial charge on any atom is -0.484 e. The number of amides is 2. The lowest BCUT2D eigenvalue weighted by Gasteiger charge is -2.31. The van der Waals surface area contributed by atoms with E-state index in [9.17, 15) is 9.59 Å². The predicted octanol–water partition coefficient (Wildman–Crippen LogP) is 6.51. The maximum atomic E-state index is 13.3. The van der Waals surface area contributed by atoms with Crippen molar-refractivity contribution in [1.82, 2.24) is 10.2 Å². The lowest BCUT2D eigenvalue weighted by Crippen LogP contribution is -2.51. The molecule has 0 unspecified atom stereocenters. The largest absolute Gasteiger partial charge is 0.484 e. The van der Waals surface area contributed by atoms with Crippen molar-refractivity contribution in [2.45, 2.75) is 71.5 Å². The average Bonchev–Trinajstić information content (AvgIpc) is 2.81. The Balaban J connectivity index is 1.78. The first-order valence-corrected chi connectivity index (χ1v) is 12.7. The van der Waals surface area contributed by atoms with Gasteiger partial charge in [-0.15, -0.1) is 0 Å². The van der Waals surface area contributed by atoms with Gasteiger partial charge in [-0.1, -0.05) is 60.1 Å². The maximum Gasteiger partial charge on any atom is 0.261 e. The number of rotatable bonds is 8. The van der Waals surface area contributed by atoms with E-state index < -0.39 is 6.04 Å². The lowest BCUT2D eigenvalue weighted by atomic mass is 9.95. The van der Waals surface area contributed by atoms with Gasteiger partial charge in [-0.2, -0.15) is 0 Å². The van der Waals surface area contributed by atoms with Gasteiger partial charge in [0.05, 0.1) is 0 Å². The SMILES string of the molecule is Cc1cc(OCC(=O)N(Cc2c(Cl)cccc2Cl)[C@H](C)C(=O)NC2CCCCC2)cc(C)c1Cl. The molecular formula is C26H31Cl3N2O3. The molecule has 2 aromatic carbocycles. The first-order chi connectivity index (χ1) is 16.2. The molecule has 1 aliphatic rings. The number of carbonyl (C=O) groups is 2. The van der Waals surface area contributed by atoms with Gasteiger partial charge < -0.3 is 15.0 Å². The van der Waals surface area contributed by atoms with Crippen LogP contribution in [0, 0.1) is 13.8 Å². The molecule has 0 saturated heterocycles. The van der Waals surface area contributed by atoms with Crippen molar-refractivity contribution in [2.24, 2.45) is 0 Å². The number of carbonyl (C=O) groups excluding carboxylic acids is 2. The maximum absolute atomic E-state index is 13.3. The zero-order valence-corrected chi connectivity index (χ0v) is 22.1. The van der Waals surface area contributed by atoms with Crippen molar-refractivity contribution >= 4 is 46.6 Å². The molecule has 8 heteroatoms. The molecule has 1 aliphatic carbocycles. The van der Waals surface area contributed by atoms with Crippen LogP contribution in [0.4, 0.5) is 0 Å². The summed E-state index contributed by atoms with van der Waals surface area (Å²) in [6, 6.07) is 8.17. The van der Waals surface area contributed by atoms with Crippen molar-refractivity contribution < 1.29 is 14.3 Å². The normalized spacial score (nSPS) is 15.0. The first-order valence-electron chi connectivity index (χ1n) is 11.6. The molecular weight excluding hydrogens is 495 g/mol. The monoisotopic (exact) mass is 524 g/mol. The van der Waals surface area contributed by atoms with Gasteiger partial charge in [0.1, 0.15) is 11.8 Å². The van der Waals surface area contributed by atoms with E-state index in [2.05, 4.69) is 5.32 Å². The number of ether oxygens (including phenoxy) is 1. The molecule has 3 rings (SSSR count). The van der Waals surface area contributed by atoms with E-state index in [4.69, 9.17) is 39.5 Å². The van der Waals surface area contributed by atoms with Crippen LogP contribution in [0.5, 0.6) is 5.75 Å². The Morgan fingerprint density at radius 3 is 2.24 bits per heavy atom. The summed E-state index contributed by atoms with van der Waals surface area (Å²) in [5.41, 5.74) is 2.32. The minimum atomic E-state index is -0.723. The number of hydrogen-bond donors (Lipinski definition) is 1. The van der Waals surface area contributed by atoms with Crippen LogP contribution in [0.2, 0.25) is 15.1 Å². The van der Waals surface area contributed by atoms with Gasteiger partial charge in [0.25, 0.3) is 5.91 Å². The highest BCUT2D eigenvalue weighted by Crippen LogP contribution is 2.28. The number of benzene rings is 2. The lowest BCUT2D eigenvalue weighted by molar-refractivity contribution is -0.142. The highest BCUT2D eigenvalue weighted by Gasteiger charge is 2.29. The van der Waals surface area contributed by atoms with Gasteiger partial charge in [-0.25, -0.2) is 0 Å². The topological polar surface area (TPSA) is 58.6 Å². The number of hydrogen-bond acceptors (Lipinski definition) is 3. The summed E-state index contributed by atoms with van der Waals surface area (Å²) in [4.78, 5) is 27.9. The molecule has 34 heavy (non-hydrogen) atoms. The van der Waals surface area contributed by atoms with Crippen LogP contribution in [0.25, 0.3) is 0 Å². The van der Waals surface area contributed by atoms with Gasteiger partial charge in [-0.3, -0.25) is 9.59 Å². The van der Waals surface area contributed by atoms with E-state index in [-0.39, 0.29) is 31.0 Å². The molecule has 0 spiro atoms. The summed E-state index contributed by atoms with van der Waals surface area (Å²) in [5.74, 6) is 0.0110. The van der Waals surface area contributed by atoms with Crippen molar-refractivity contribution in [2.75, 3.05) is 6.61 Å². The second kappa shape index (κ2) is 12.1. The molecule has 2 amide bonds. The van der Waals surface area contributed by atoms with Crippen LogP contribution in [0.15, 0.2) is 30.3 Å². The van der Waals surface area contributed by atoms with Crippen molar-refractivity contribution in [1.29, 1.82) is 0 Å². The minimum absolute atomic E-state index is 0.0959. The fourth-order valence-electron chi connectivity index (χ4n) is 4.22. The summed E-state index contributed by atoms with van der Waals surface area (Å²) in [6.45, 7) is 5.35. The van der Waals surface area contributed by atoms with Gasteiger partial charge in [-0.05, 0) is 69.0 Å². The molecule has 184 valence electrons. The molecule has 1 N–H and O–H groups in total. The Hall–Kier alpha value is -1.95. The van der Waals surface area contributed by atoms with E-state index in [1.54, 1.807) is 37.3 Å². The van der Waals surface area contributed by atoms with Gasteiger partial charge in [0.2, 0.25) is 5.91 Å². The molecule has 1 atom stereocenters. The second-order valence-corrected chi connectivity index (χ2v) is 10.1. The summed E-state index contributed by atoms with van der Waals surface area (Å²) in [6.07, 6.45) is 5.32. The molecule has 0 bridgehead atoms. The summed E-state index contributed by atoms with van der Waals surface area (Å²) in [7, 11) is 0. The van der Waals surface area contributed by atoms with Gasteiger partial charge >= 0.3 is 0 Å². The van der Waals surface area contributed by atoms with Crippen LogP contribution in [0.1, 0.15) is 55.7 Å². The Morgan fingerprint density at radius 1 is 1.06 bits per heavy atom. The average molecular weight is 526 g/mol. The third-order valence-electron chi connectivity index (χ3n) is 6.28. The molecule has 1 saturated carbocycles. The van der Waals surface area contributed by atoms with Crippen molar-refractivity contribution in [3.8, 4) is 5.75 Å². The molecule has 0 aromatic heterocycles. The second-order valence-electron chi connectivity index (χ2n) is 8.90. The van der Waals surface area contributed by atoms with E-state index in [1.807, 2.05) is 13.8 Å². The predicted molar refractivity (Wildman–Crippen MR) is 138 cm³/mol. The Kier molecular flexibility index (Phi) is 9.52. The van der Waals surface area contributed by atoms with E-state index in [1.165, 1.54) is 11.3 Å². The Morgan fingerprint density at radius 2 is 1.65 bits per heavy atom. The molecule has 2 aromatic rings. The standard InChI is InChI=1S/C26H31Cl3N2O3/c1-16-12-20(13-17(2)25(16)29)34-15-24(32)31(14-21-22(27)10-7-11-23(21)28)18(3)26(33)30-19-8-5-4-6-9-19/h7,10-13,18-19H,4-6,8-9,14-15H2,1-3H3,(H,30,33)/t18-/m1/s1. The fraction of sp³-hybridized carbons (Fsp3) is 0.462. The van der Waals surface area contributed by atoms with Crippen LogP contribution in [-0.2, 0) is 16.1 Å². The number of nitrogens with one attached hydrogen (secondary N) is 1. The number of aryl methyl sites for hydroxylation is 2. The summed E-state index contributed by atoms with van der Waals surface area (Å²) >= 11 is 19.0. The quantitative estimate of drug-likeness (QED) is 0.427. The number of halogens is 3. The van der Waals surface area contributed by atoms with Crippen LogP contribution < -0.4 is 10.1 Å². The van der Waals surface area contributed by atoms with E-state index >= 15 is 0 Å². The molecule has 5 nitrogen and oxygen atoms in total. The summed E-state index contributed by atoms with van der Waals surface area (Å²) in [5, 5.41) is 4.66. The van der Waals surface area contributed by atoms with Crippen LogP contribution in [-0.4, -0.2) is 35.4 Å². The van der Waals surface area contributed by atoms with Crippen LogP contribution in [0.3, 0.4) is 0 Å². The summed E-state index contributed by atoms with van der Waals surface area (Å²) < 4.78 is 5.80. The van der Waals surface area contributed by atoms with Gasteiger partial charge in [0, 0.05) is 33.2 Å². The smallest absolute Gasteiger partial charge is 0.261 e. The van der Waals surface area contributed by atoms with E-state index in [0.717, 1.165) is 36.8 Å². The molecule has 0 aliphatic heterocycles. The Bertz CT molecular complexity index is 995. The highest BCUT2D eigenvalue weighted by atomic mass is 35.5. The fourth-order valence-corrected chi connectivity index (χ4v) is 4.85. The third-order valence-corrected chi connectivity index (χ3v) is 7.59. The zero-order chi connectivity index (χ0) is 24.8. The number of nitrogens with zero attached hydrogens (tertiary/aromatic N) is 1. The highest BCUT2D eigenvalue weighted by molar-refractivity contribution is 6.36. The third kappa shape index (κ3) is 6.80. The Labute approximate surface area is 216 Å². The zero-order valence-electron chi connectivity index (χ0n) is 19.8. The van der Waals surface area contributed by atoms with Gasteiger partial charge in [0.15, 0.2) is 6.61 Å². The molecule has 1 fully saturated rings. The molecule has 0 radical (unpaired) electrons.